The van der Waals surface area contributed by atoms with E-state index in [2.05, 4.69) is 16.0 Å². The minimum atomic E-state index is -0.345. The zero-order chi connectivity index (χ0) is 15.1. The second-order valence-electron chi connectivity index (χ2n) is 6.39. The van der Waals surface area contributed by atoms with E-state index in [1.54, 1.807) is 0 Å². The first-order chi connectivity index (χ1) is 10.1. The zero-order valence-corrected chi connectivity index (χ0v) is 13.0. The Kier molecular flexibility index (Phi) is 6.45. The third-order valence-corrected chi connectivity index (χ3v) is 4.39. The van der Waals surface area contributed by atoms with Gasteiger partial charge in [-0.25, -0.2) is 4.79 Å². The van der Waals surface area contributed by atoms with E-state index in [9.17, 15) is 9.59 Å². The monoisotopic (exact) mass is 296 g/mol. The number of carbonyl (C=O) groups is 2. The molecule has 0 atom stereocenters. The SMILES string of the molecule is CN(CC(=O)NC(=O)NC1CCCC1)CC1CCNCC1. The number of rotatable bonds is 5. The minimum absolute atomic E-state index is 0.220. The average molecular weight is 296 g/mol. The summed E-state index contributed by atoms with van der Waals surface area (Å²) < 4.78 is 0. The van der Waals surface area contributed by atoms with Crippen molar-refractivity contribution >= 4 is 11.9 Å². The van der Waals surface area contributed by atoms with Crippen LogP contribution in [0.15, 0.2) is 0 Å². The number of imide groups is 1. The molecule has 1 saturated carbocycles. The number of carbonyl (C=O) groups excluding carboxylic acids is 2. The van der Waals surface area contributed by atoms with Gasteiger partial charge in [0.15, 0.2) is 0 Å². The fraction of sp³-hybridized carbons (Fsp3) is 0.867. The van der Waals surface area contributed by atoms with Crippen molar-refractivity contribution in [2.45, 2.75) is 44.6 Å². The highest BCUT2D eigenvalue weighted by atomic mass is 16.2. The molecule has 0 radical (unpaired) electrons. The maximum atomic E-state index is 11.9. The van der Waals surface area contributed by atoms with Crippen molar-refractivity contribution in [2.24, 2.45) is 5.92 Å². The van der Waals surface area contributed by atoms with Crippen LogP contribution < -0.4 is 16.0 Å². The second kappa shape index (κ2) is 8.34. The highest BCUT2D eigenvalue weighted by Gasteiger charge is 2.20. The van der Waals surface area contributed by atoms with Gasteiger partial charge in [-0.15, -0.1) is 0 Å². The summed E-state index contributed by atoms with van der Waals surface area (Å²) in [6, 6.07) is -0.104. The molecular weight excluding hydrogens is 268 g/mol. The van der Waals surface area contributed by atoms with Crippen molar-refractivity contribution in [3.63, 3.8) is 0 Å². The van der Waals surface area contributed by atoms with Gasteiger partial charge in [0, 0.05) is 12.6 Å². The van der Waals surface area contributed by atoms with E-state index in [-0.39, 0.29) is 24.5 Å². The molecule has 1 heterocycles. The van der Waals surface area contributed by atoms with Gasteiger partial charge in [0.05, 0.1) is 6.54 Å². The smallest absolute Gasteiger partial charge is 0.321 e. The number of nitrogens with zero attached hydrogens (tertiary/aromatic N) is 1. The molecule has 0 aromatic carbocycles. The molecule has 0 aromatic rings. The predicted octanol–water partition coefficient (Wildman–Crippen LogP) is 0.686. The molecule has 6 nitrogen and oxygen atoms in total. The van der Waals surface area contributed by atoms with Crippen LogP contribution in [0.1, 0.15) is 38.5 Å². The van der Waals surface area contributed by atoms with Crippen LogP contribution in [0.4, 0.5) is 4.79 Å². The molecule has 0 unspecified atom stereocenters. The zero-order valence-electron chi connectivity index (χ0n) is 13.0. The average Bonchev–Trinajstić information content (AvgIpc) is 2.91. The lowest BCUT2D eigenvalue weighted by atomic mass is 9.98. The van der Waals surface area contributed by atoms with E-state index in [1.165, 1.54) is 0 Å². The van der Waals surface area contributed by atoms with Crippen LogP contribution in [0.2, 0.25) is 0 Å². The third-order valence-electron chi connectivity index (χ3n) is 4.39. The Hall–Kier alpha value is -1.14. The van der Waals surface area contributed by atoms with E-state index in [0.29, 0.717) is 5.92 Å². The molecule has 0 bridgehead atoms. The molecule has 1 aliphatic carbocycles. The van der Waals surface area contributed by atoms with Crippen molar-refractivity contribution < 1.29 is 9.59 Å². The van der Waals surface area contributed by atoms with E-state index in [1.807, 2.05) is 11.9 Å². The summed E-state index contributed by atoms with van der Waals surface area (Å²) in [5.41, 5.74) is 0. The minimum Gasteiger partial charge on any atom is -0.335 e. The van der Waals surface area contributed by atoms with E-state index >= 15 is 0 Å². The van der Waals surface area contributed by atoms with Gasteiger partial charge in [0.1, 0.15) is 0 Å². The van der Waals surface area contributed by atoms with Crippen molar-refractivity contribution in [1.82, 2.24) is 20.9 Å². The van der Waals surface area contributed by atoms with Crippen molar-refractivity contribution in [2.75, 3.05) is 33.2 Å². The summed E-state index contributed by atoms with van der Waals surface area (Å²) in [6.45, 7) is 3.32. The molecule has 0 aromatic heterocycles. The number of hydrogen-bond donors (Lipinski definition) is 3. The lowest BCUT2D eigenvalue weighted by Gasteiger charge is -2.27. The maximum Gasteiger partial charge on any atom is 0.321 e. The molecule has 2 fully saturated rings. The van der Waals surface area contributed by atoms with Crippen molar-refractivity contribution in [1.29, 1.82) is 0 Å². The van der Waals surface area contributed by atoms with Gasteiger partial charge in [-0.3, -0.25) is 15.0 Å². The molecule has 21 heavy (non-hydrogen) atoms. The van der Waals surface area contributed by atoms with Gasteiger partial charge in [0.2, 0.25) is 5.91 Å². The number of likely N-dealkylation sites (N-methyl/N-ethyl adjacent to an activating group) is 1. The quantitative estimate of drug-likeness (QED) is 0.698. The van der Waals surface area contributed by atoms with Gasteiger partial charge in [-0.2, -0.15) is 0 Å². The lowest BCUT2D eigenvalue weighted by molar-refractivity contribution is -0.121. The Morgan fingerprint density at radius 2 is 1.81 bits per heavy atom. The van der Waals surface area contributed by atoms with Crippen LogP contribution in [-0.4, -0.2) is 56.1 Å². The summed E-state index contributed by atoms with van der Waals surface area (Å²) in [4.78, 5) is 25.6. The summed E-state index contributed by atoms with van der Waals surface area (Å²) in [5, 5.41) is 8.64. The largest absolute Gasteiger partial charge is 0.335 e. The van der Waals surface area contributed by atoms with E-state index < -0.39 is 0 Å². The summed E-state index contributed by atoms with van der Waals surface area (Å²) in [6.07, 6.45) is 6.70. The Morgan fingerprint density at radius 3 is 2.48 bits per heavy atom. The lowest BCUT2D eigenvalue weighted by Crippen LogP contribution is -2.47. The first kappa shape index (κ1) is 16.2. The highest BCUT2D eigenvalue weighted by Crippen LogP contribution is 2.17. The summed E-state index contributed by atoms with van der Waals surface area (Å²) >= 11 is 0. The van der Waals surface area contributed by atoms with Crippen molar-refractivity contribution in [3.8, 4) is 0 Å². The normalized spacial score (nSPS) is 20.7. The Balaban J connectivity index is 1.61. The number of urea groups is 1. The van der Waals surface area contributed by atoms with Crippen LogP contribution in [0.3, 0.4) is 0 Å². The van der Waals surface area contributed by atoms with Crippen LogP contribution in [-0.2, 0) is 4.79 Å². The first-order valence-corrected chi connectivity index (χ1v) is 8.13. The topological polar surface area (TPSA) is 73.5 Å². The molecule has 3 amide bonds. The molecule has 2 rings (SSSR count). The maximum absolute atomic E-state index is 11.9. The molecule has 1 saturated heterocycles. The fourth-order valence-electron chi connectivity index (χ4n) is 3.27. The Morgan fingerprint density at radius 1 is 1.14 bits per heavy atom. The van der Waals surface area contributed by atoms with Crippen LogP contribution >= 0.6 is 0 Å². The third kappa shape index (κ3) is 6.01. The van der Waals surface area contributed by atoms with Crippen molar-refractivity contribution in [3.05, 3.63) is 0 Å². The van der Waals surface area contributed by atoms with Gasteiger partial charge in [0.25, 0.3) is 0 Å². The Labute approximate surface area is 127 Å². The van der Waals surface area contributed by atoms with Gasteiger partial charge in [-0.1, -0.05) is 12.8 Å². The fourth-order valence-corrected chi connectivity index (χ4v) is 3.27. The molecule has 3 N–H and O–H groups in total. The van der Waals surface area contributed by atoms with E-state index in [4.69, 9.17) is 0 Å². The van der Waals surface area contributed by atoms with Crippen LogP contribution in [0.25, 0.3) is 0 Å². The van der Waals surface area contributed by atoms with Gasteiger partial charge < -0.3 is 10.6 Å². The number of hydrogen-bond acceptors (Lipinski definition) is 4. The first-order valence-electron chi connectivity index (χ1n) is 8.13. The second-order valence-corrected chi connectivity index (χ2v) is 6.39. The summed E-state index contributed by atoms with van der Waals surface area (Å²) in [5.74, 6) is 0.429. The van der Waals surface area contributed by atoms with Crippen LogP contribution in [0.5, 0.6) is 0 Å². The summed E-state index contributed by atoms with van der Waals surface area (Å²) in [7, 11) is 1.94. The standard InChI is InChI=1S/C15H28N4O2/c1-19(10-12-6-8-16-9-7-12)11-14(20)18-15(21)17-13-4-2-3-5-13/h12-13,16H,2-11H2,1H3,(H2,17,18,20,21). The highest BCUT2D eigenvalue weighted by molar-refractivity contribution is 5.95. The number of piperidine rings is 1. The molecule has 120 valence electrons. The molecule has 1 aliphatic heterocycles. The number of amides is 3. The molecular formula is C15H28N4O2. The molecule has 2 aliphatic rings. The predicted molar refractivity (Wildman–Crippen MR) is 82.0 cm³/mol. The Bertz CT molecular complexity index is 350. The van der Waals surface area contributed by atoms with Gasteiger partial charge >= 0.3 is 6.03 Å². The molecule has 6 heteroatoms. The van der Waals surface area contributed by atoms with Crippen LogP contribution in [0, 0.1) is 5.92 Å². The number of nitrogens with one attached hydrogen (secondary N) is 3. The van der Waals surface area contributed by atoms with Gasteiger partial charge in [-0.05, 0) is 51.7 Å². The molecule has 0 spiro atoms. The van der Waals surface area contributed by atoms with E-state index in [0.717, 1.165) is 58.2 Å².